The first-order chi connectivity index (χ1) is 10.2. The predicted molar refractivity (Wildman–Crippen MR) is 88.6 cm³/mol. The fourth-order valence-electron chi connectivity index (χ4n) is 2.63. The van der Waals surface area contributed by atoms with Crippen molar-refractivity contribution >= 4 is 39.5 Å². The second-order valence-corrected chi connectivity index (χ2v) is 6.35. The van der Waals surface area contributed by atoms with Crippen LogP contribution in [0.25, 0.3) is 0 Å². The minimum atomic E-state index is 0.665. The number of fused-ring (bicyclic) bond motifs is 3. The van der Waals surface area contributed by atoms with E-state index in [2.05, 4.69) is 21.4 Å². The fourth-order valence-corrected chi connectivity index (χ4v) is 3.78. The lowest BCUT2D eigenvalue weighted by Gasteiger charge is -2.18. The second kappa shape index (κ2) is 4.86. The second-order valence-electron chi connectivity index (χ2n) is 5.05. The number of anilines is 1. The highest BCUT2D eigenvalue weighted by Gasteiger charge is 2.32. The van der Waals surface area contributed by atoms with Crippen LogP contribution < -0.4 is 4.90 Å². The van der Waals surface area contributed by atoms with Crippen LogP contribution in [-0.2, 0) is 6.54 Å². The number of benzene rings is 1. The van der Waals surface area contributed by atoms with Crippen LogP contribution >= 0.6 is 22.9 Å². The van der Waals surface area contributed by atoms with Gasteiger partial charge in [0.05, 0.1) is 11.6 Å². The highest BCUT2D eigenvalue weighted by molar-refractivity contribution is 7.14. The van der Waals surface area contributed by atoms with E-state index in [9.17, 15) is 0 Å². The summed E-state index contributed by atoms with van der Waals surface area (Å²) in [7, 11) is 1.97. The Bertz CT molecular complexity index is 765. The smallest absolute Gasteiger partial charge is 0.181 e. The average molecular weight is 317 g/mol. The molecule has 6 heteroatoms. The molecule has 3 heterocycles. The lowest BCUT2D eigenvalue weighted by atomic mass is 10.1. The Morgan fingerprint density at radius 1 is 1.24 bits per heavy atom. The van der Waals surface area contributed by atoms with E-state index in [0.29, 0.717) is 11.6 Å². The molecule has 0 unspecified atom stereocenters. The molecule has 0 spiro atoms. The summed E-state index contributed by atoms with van der Waals surface area (Å²) in [5.41, 5.74) is 3.05. The van der Waals surface area contributed by atoms with Gasteiger partial charge in [0.25, 0.3) is 0 Å². The summed E-state index contributed by atoms with van der Waals surface area (Å²) >= 11 is 8.09. The first kappa shape index (κ1) is 12.9. The molecule has 2 aromatic rings. The monoisotopic (exact) mass is 316 g/mol. The molecule has 0 aliphatic carbocycles. The number of halogens is 1. The SMILES string of the molecule is CN1CN2C(=N1)C(c1ccccc1Cl)=NCc1ccsc12. The summed E-state index contributed by atoms with van der Waals surface area (Å²) in [4.78, 5) is 7.00. The molecule has 106 valence electrons. The maximum Gasteiger partial charge on any atom is 0.181 e. The molecule has 0 N–H and O–H groups in total. The molecule has 0 atom stereocenters. The lowest BCUT2D eigenvalue weighted by molar-refractivity contribution is 0.393. The van der Waals surface area contributed by atoms with Crippen molar-refractivity contribution in [2.24, 2.45) is 10.1 Å². The third kappa shape index (κ3) is 2.04. The number of rotatable bonds is 1. The Labute approximate surface area is 132 Å². The zero-order chi connectivity index (χ0) is 14.4. The van der Waals surface area contributed by atoms with Gasteiger partial charge in [-0.3, -0.25) is 14.9 Å². The minimum Gasteiger partial charge on any atom is -0.294 e. The molecule has 0 radical (unpaired) electrons. The van der Waals surface area contributed by atoms with Crippen molar-refractivity contribution in [2.45, 2.75) is 6.54 Å². The Kier molecular flexibility index (Phi) is 2.97. The van der Waals surface area contributed by atoms with Crippen molar-refractivity contribution < 1.29 is 0 Å². The van der Waals surface area contributed by atoms with Crippen molar-refractivity contribution in [1.82, 2.24) is 5.01 Å². The van der Waals surface area contributed by atoms with Gasteiger partial charge in [0.15, 0.2) is 5.84 Å². The van der Waals surface area contributed by atoms with Crippen LogP contribution in [0.5, 0.6) is 0 Å². The molecule has 1 aromatic carbocycles. The minimum absolute atomic E-state index is 0.665. The molecule has 4 nitrogen and oxygen atoms in total. The summed E-state index contributed by atoms with van der Waals surface area (Å²) in [6.45, 7) is 1.41. The normalized spacial score (nSPS) is 17.0. The van der Waals surface area contributed by atoms with E-state index in [4.69, 9.17) is 16.6 Å². The Balaban J connectivity index is 1.89. The van der Waals surface area contributed by atoms with Crippen LogP contribution in [0.15, 0.2) is 45.8 Å². The van der Waals surface area contributed by atoms with Crippen molar-refractivity contribution in [3.05, 3.63) is 51.9 Å². The van der Waals surface area contributed by atoms with Gasteiger partial charge >= 0.3 is 0 Å². The molecular weight excluding hydrogens is 304 g/mol. The van der Waals surface area contributed by atoms with Gasteiger partial charge in [-0.15, -0.1) is 11.3 Å². The number of aliphatic imine (C=N–C) groups is 1. The van der Waals surface area contributed by atoms with Gasteiger partial charge in [-0.05, 0) is 17.5 Å². The molecule has 1 aromatic heterocycles. The summed E-state index contributed by atoms with van der Waals surface area (Å²) < 4.78 is 0. The van der Waals surface area contributed by atoms with E-state index in [1.54, 1.807) is 11.3 Å². The molecule has 0 saturated heterocycles. The molecule has 0 bridgehead atoms. The highest BCUT2D eigenvalue weighted by Crippen LogP contribution is 2.34. The van der Waals surface area contributed by atoms with Crippen LogP contribution in [0.2, 0.25) is 5.02 Å². The molecule has 0 amide bonds. The van der Waals surface area contributed by atoms with Crippen molar-refractivity contribution in [1.29, 1.82) is 0 Å². The topological polar surface area (TPSA) is 31.2 Å². The van der Waals surface area contributed by atoms with Gasteiger partial charge in [-0.2, -0.15) is 5.10 Å². The van der Waals surface area contributed by atoms with E-state index in [-0.39, 0.29) is 0 Å². The van der Waals surface area contributed by atoms with E-state index < -0.39 is 0 Å². The Morgan fingerprint density at radius 2 is 2.10 bits per heavy atom. The fraction of sp³-hybridized carbons (Fsp3) is 0.200. The standard InChI is InChI=1S/C15H13ClN4S/c1-19-9-20-14(18-19)13(11-4-2-3-5-12(11)16)17-8-10-6-7-21-15(10)20/h2-7H,8-9H2,1H3. The molecule has 0 saturated carbocycles. The van der Waals surface area contributed by atoms with Crippen LogP contribution in [0, 0.1) is 0 Å². The first-order valence-corrected chi connectivity index (χ1v) is 7.93. The van der Waals surface area contributed by atoms with Crippen LogP contribution in [0.1, 0.15) is 11.1 Å². The summed E-state index contributed by atoms with van der Waals surface area (Å²) in [6, 6.07) is 9.94. The van der Waals surface area contributed by atoms with E-state index in [1.165, 1.54) is 10.6 Å². The molecule has 4 rings (SSSR count). The van der Waals surface area contributed by atoms with Gasteiger partial charge in [-0.1, -0.05) is 29.8 Å². The first-order valence-electron chi connectivity index (χ1n) is 6.67. The van der Waals surface area contributed by atoms with Gasteiger partial charge in [0, 0.05) is 18.2 Å². The van der Waals surface area contributed by atoms with Crippen molar-refractivity contribution in [2.75, 3.05) is 18.6 Å². The lowest BCUT2D eigenvalue weighted by Crippen LogP contribution is -2.34. The number of nitrogens with zero attached hydrogens (tertiary/aromatic N) is 4. The summed E-state index contributed by atoms with van der Waals surface area (Å²) in [5, 5.41) is 10.6. The van der Waals surface area contributed by atoms with Crippen LogP contribution in [0.4, 0.5) is 5.00 Å². The number of thiophene rings is 1. The average Bonchev–Trinajstić information content (AvgIpc) is 3.05. The third-order valence-corrected chi connectivity index (χ3v) is 4.89. The highest BCUT2D eigenvalue weighted by atomic mass is 35.5. The van der Waals surface area contributed by atoms with Crippen LogP contribution in [-0.4, -0.2) is 30.3 Å². The molecule has 2 aliphatic rings. The third-order valence-electron chi connectivity index (χ3n) is 3.58. The largest absolute Gasteiger partial charge is 0.294 e. The van der Waals surface area contributed by atoms with E-state index in [1.807, 2.05) is 36.3 Å². The van der Waals surface area contributed by atoms with E-state index in [0.717, 1.165) is 23.8 Å². The van der Waals surface area contributed by atoms with Crippen molar-refractivity contribution in [3.63, 3.8) is 0 Å². The number of amidine groups is 1. The zero-order valence-electron chi connectivity index (χ0n) is 11.5. The molecular formula is C15H13ClN4S. The van der Waals surface area contributed by atoms with Gasteiger partial charge < -0.3 is 0 Å². The predicted octanol–water partition coefficient (Wildman–Crippen LogP) is 3.43. The van der Waals surface area contributed by atoms with Crippen LogP contribution in [0.3, 0.4) is 0 Å². The Morgan fingerprint density at radius 3 is 2.95 bits per heavy atom. The summed E-state index contributed by atoms with van der Waals surface area (Å²) in [6.07, 6.45) is 0. The number of hydrogen-bond donors (Lipinski definition) is 0. The maximum absolute atomic E-state index is 6.36. The number of hydrazone groups is 1. The zero-order valence-corrected chi connectivity index (χ0v) is 13.0. The molecule has 21 heavy (non-hydrogen) atoms. The maximum atomic E-state index is 6.36. The molecule has 0 fully saturated rings. The van der Waals surface area contributed by atoms with Crippen molar-refractivity contribution in [3.8, 4) is 0 Å². The number of hydrogen-bond acceptors (Lipinski definition) is 5. The quantitative estimate of drug-likeness (QED) is 0.807. The molecule has 2 aliphatic heterocycles. The summed E-state index contributed by atoms with van der Waals surface area (Å²) in [5.74, 6) is 0.881. The van der Waals surface area contributed by atoms with Gasteiger partial charge in [0.1, 0.15) is 17.4 Å². The van der Waals surface area contributed by atoms with Gasteiger partial charge in [0.2, 0.25) is 0 Å². The Hall–Kier alpha value is -1.85. The van der Waals surface area contributed by atoms with Gasteiger partial charge in [-0.25, -0.2) is 0 Å². The van der Waals surface area contributed by atoms with E-state index >= 15 is 0 Å².